The lowest BCUT2D eigenvalue weighted by Crippen LogP contribution is -2.58. The van der Waals surface area contributed by atoms with Gasteiger partial charge in [-0.3, -0.25) is 24.6 Å². The van der Waals surface area contributed by atoms with Gasteiger partial charge in [-0.05, 0) is 68.7 Å². The van der Waals surface area contributed by atoms with Crippen molar-refractivity contribution in [2.45, 2.75) is 58.9 Å². The molecule has 5 amide bonds. The first-order valence-electron chi connectivity index (χ1n) is 11.2. The number of carbonyl (C=O) groups is 4. The van der Waals surface area contributed by atoms with E-state index in [-0.39, 0.29) is 17.5 Å². The minimum Gasteiger partial charge on any atom is -0.326 e. The molecule has 4 rings (SSSR count). The van der Waals surface area contributed by atoms with Crippen molar-refractivity contribution in [3.05, 3.63) is 52.9 Å². The topological polar surface area (TPSA) is 101 Å². The van der Waals surface area contributed by atoms with Gasteiger partial charge in [0, 0.05) is 35.7 Å². The maximum Gasteiger partial charge on any atom is 0.331 e. The quantitative estimate of drug-likeness (QED) is 0.548. The van der Waals surface area contributed by atoms with Crippen molar-refractivity contribution in [2.24, 2.45) is 0 Å². The van der Waals surface area contributed by atoms with Gasteiger partial charge >= 0.3 is 6.03 Å². The van der Waals surface area contributed by atoms with E-state index in [1.54, 1.807) is 6.08 Å². The third-order valence-electron chi connectivity index (χ3n) is 6.29. The molecule has 1 aliphatic heterocycles. The van der Waals surface area contributed by atoms with E-state index in [0.29, 0.717) is 5.69 Å². The van der Waals surface area contributed by atoms with Crippen LogP contribution in [0.1, 0.15) is 56.0 Å². The Labute approximate surface area is 192 Å². The Balaban J connectivity index is 1.66. The van der Waals surface area contributed by atoms with Crippen molar-refractivity contribution in [2.75, 3.05) is 5.32 Å². The average molecular weight is 449 g/mol. The highest BCUT2D eigenvalue weighted by Crippen LogP contribution is 2.28. The summed E-state index contributed by atoms with van der Waals surface area (Å²) in [7, 11) is 0. The number of hydrogen-bond donors (Lipinski definition) is 2. The summed E-state index contributed by atoms with van der Waals surface area (Å²) in [6.45, 7) is 5.31. The fraction of sp³-hybridized carbons (Fsp3) is 0.360. The van der Waals surface area contributed by atoms with E-state index in [1.165, 1.54) is 11.8 Å². The third-order valence-corrected chi connectivity index (χ3v) is 6.29. The van der Waals surface area contributed by atoms with E-state index in [0.717, 1.165) is 54.7 Å². The van der Waals surface area contributed by atoms with Crippen LogP contribution < -0.4 is 10.6 Å². The molecule has 2 N–H and O–H groups in total. The molecule has 0 radical (unpaired) electrons. The van der Waals surface area contributed by atoms with Crippen LogP contribution in [0.15, 0.2) is 35.9 Å². The van der Waals surface area contributed by atoms with Crippen molar-refractivity contribution >= 4 is 35.5 Å². The van der Waals surface area contributed by atoms with Gasteiger partial charge in [0.15, 0.2) is 0 Å². The van der Waals surface area contributed by atoms with Crippen LogP contribution in [0.3, 0.4) is 0 Å². The number of amides is 5. The lowest BCUT2D eigenvalue weighted by atomic mass is 9.93. The zero-order chi connectivity index (χ0) is 23.7. The van der Waals surface area contributed by atoms with Crippen LogP contribution in [0.2, 0.25) is 0 Å². The molecule has 2 aliphatic rings. The van der Waals surface area contributed by atoms with Crippen LogP contribution in [-0.4, -0.2) is 39.3 Å². The lowest BCUT2D eigenvalue weighted by Gasteiger charge is -2.35. The second-order valence-electron chi connectivity index (χ2n) is 8.67. The molecule has 0 atom stereocenters. The summed E-state index contributed by atoms with van der Waals surface area (Å²) in [5.74, 6) is -1.33. The van der Waals surface area contributed by atoms with Gasteiger partial charge in [0.25, 0.3) is 11.8 Å². The lowest BCUT2D eigenvalue weighted by molar-refractivity contribution is -0.132. The van der Waals surface area contributed by atoms with E-state index in [4.69, 9.17) is 0 Å². The second kappa shape index (κ2) is 9.05. The van der Waals surface area contributed by atoms with Gasteiger partial charge in [-0.25, -0.2) is 4.79 Å². The predicted molar refractivity (Wildman–Crippen MR) is 125 cm³/mol. The molecule has 1 aromatic carbocycles. The SMILES string of the molecule is CC(=O)Nc1ccc(-n2c(C)cc(C=C3C(=O)NC(=O)N(C4CCCCC4)C3=O)c2C)cc1. The fourth-order valence-corrected chi connectivity index (χ4v) is 4.73. The minimum absolute atomic E-state index is 0.0265. The minimum atomic E-state index is -0.665. The molecule has 0 bridgehead atoms. The number of rotatable bonds is 4. The zero-order valence-corrected chi connectivity index (χ0v) is 19.1. The maximum atomic E-state index is 13.2. The van der Waals surface area contributed by atoms with Crippen LogP contribution in [0, 0.1) is 13.8 Å². The Hall–Kier alpha value is -3.68. The summed E-state index contributed by atoms with van der Waals surface area (Å²) < 4.78 is 2.01. The predicted octanol–water partition coefficient (Wildman–Crippen LogP) is 3.85. The average Bonchev–Trinajstić information content (AvgIpc) is 3.05. The van der Waals surface area contributed by atoms with Gasteiger partial charge in [0.05, 0.1) is 0 Å². The van der Waals surface area contributed by atoms with Crippen LogP contribution in [0.4, 0.5) is 10.5 Å². The summed E-state index contributed by atoms with van der Waals surface area (Å²) in [4.78, 5) is 50.7. The van der Waals surface area contributed by atoms with Gasteiger partial charge in [0.1, 0.15) is 5.57 Å². The molecule has 1 saturated carbocycles. The number of barbiturate groups is 1. The van der Waals surface area contributed by atoms with Gasteiger partial charge in [-0.15, -0.1) is 0 Å². The number of benzene rings is 1. The number of aromatic nitrogens is 1. The molecule has 2 fully saturated rings. The van der Waals surface area contributed by atoms with E-state index in [1.807, 2.05) is 48.7 Å². The van der Waals surface area contributed by atoms with E-state index >= 15 is 0 Å². The van der Waals surface area contributed by atoms with Crippen LogP contribution in [-0.2, 0) is 14.4 Å². The number of nitrogens with zero attached hydrogens (tertiary/aromatic N) is 2. The summed E-state index contributed by atoms with van der Waals surface area (Å²) in [5.41, 5.74) is 4.08. The normalized spacial score (nSPS) is 18.6. The Kier molecular flexibility index (Phi) is 6.18. The highest BCUT2D eigenvalue weighted by atomic mass is 16.2. The number of anilines is 1. The van der Waals surface area contributed by atoms with E-state index < -0.39 is 17.8 Å². The second-order valence-corrected chi connectivity index (χ2v) is 8.67. The standard InChI is InChI=1S/C25H28N4O4/c1-15-13-18(16(2)28(15)21-11-9-19(10-12-21)26-17(3)30)14-22-23(31)27-25(33)29(24(22)32)20-7-5-4-6-8-20/h9-14,20H,4-8H2,1-3H3,(H,26,30)(H,27,31,33). The molecule has 1 aromatic heterocycles. The number of carbonyl (C=O) groups excluding carboxylic acids is 4. The first-order chi connectivity index (χ1) is 15.8. The first kappa shape index (κ1) is 22.5. The van der Waals surface area contributed by atoms with Gasteiger partial charge in [0.2, 0.25) is 5.91 Å². The van der Waals surface area contributed by atoms with Crippen molar-refractivity contribution in [1.82, 2.24) is 14.8 Å². The molecule has 1 aliphatic carbocycles. The van der Waals surface area contributed by atoms with Crippen LogP contribution in [0.25, 0.3) is 11.8 Å². The first-order valence-corrected chi connectivity index (χ1v) is 11.2. The smallest absolute Gasteiger partial charge is 0.326 e. The molecular weight excluding hydrogens is 420 g/mol. The Bertz CT molecular complexity index is 1150. The third kappa shape index (κ3) is 4.46. The highest BCUT2D eigenvalue weighted by molar-refractivity contribution is 6.31. The van der Waals surface area contributed by atoms with Crippen molar-refractivity contribution in [3.8, 4) is 5.69 Å². The summed E-state index contributed by atoms with van der Waals surface area (Å²) in [6, 6.07) is 8.54. The summed E-state index contributed by atoms with van der Waals surface area (Å²) in [6.07, 6.45) is 6.14. The van der Waals surface area contributed by atoms with Crippen molar-refractivity contribution in [3.63, 3.8) is 0 Å². The van der Waals surface area contributed by atoms with Crippen LogP contribution >= 0.6 is 0 Å². The molecule has 8 nitrogen and oxygen atoms in total. The van der Waals surface area contributed by atoms with Gasteiger partial charge in [-0.1, -0.05) is 19.3 Å². The number of nitrogens with one attached hydrogen (secondary N) is 2. The van der Waals surface area contributed by atoms with Gasteiger partial charge < -0.3 is 9.88 Å². The monoisotopic (exact) mass is 448 g/mol. The van der Waals surface area contributed by atoms with E-state index in [2.05, 4.69) is 10.6 Å². The van der Waals surface area contributed by atoms with Crippen LogP contribution in [0.5, 0.6) is 0 Å². The molecule has 1 saturated heterocycles. The number of imide groups is 2. The highest BCUT2D eigenvalue weighted by Gasteiger charge is 2.40. The van der Waals surface area contributed by atoms with Crippen molar-refractivity contribution < 1.29 is 19.2 Å². The Morgan fingerprint density at radius 1 is 1.06 bits per heavy atom. The molecule has 2 heterocycles. The maximum absolute atomic E-state index is 13.2. The molecule has 8 heteroatoms. The molecule has 33 heavy (non-hydrogen) atoms. The zero-order valence-electron chi connectivity index (χ0n) is 19.1. The number of urea groups is 1. The molecule has 0 spiro atoms. The molecule has 0 unspecified atom stereocenters. The fourth-order valence-electron chi connectivity index (χ4n) is 4.73. The summed E-state index contributed by atoms with van der Waals surface area (Å²) >= 11 is 0. The summed E-state index contributed by atoms with van der Waals surface area (Å²) in [5, 5.41) is 5.08. The molecular formula is C25H28N4O4. The van der Waals surface area contributed by atoms with Crippen molar-refractivity contribution in [1.29, 1.82) is 0 Å². The number of hydrogen-bond acceptors (Lipinski definition) is 4. The number of aryl methyl sites for hydroxylation is 1. The Morgan fingerprint density at radius 3 is 2.36 bits per heavy atom. The Morgan fingerprint density at radius 2 is 1.73 bits per heavy atom. The molecule has 172 valence electrons. The largest absolute Gasteiger partial charge is 0.331 e. The molecule has 2 aromatic rings. The van der Waals surface area contributed by atoms with Gasteiger partial charge in [-0.2, -0.15) is 0 Å². The van der Waals surface area contributed by atoms with E-state index in [9.17, 15) is 19.2 Å².